The number of carbonyl (C=O) groups is 1. The fourth-order valence-electron chi connectivity index (χ4n) is 2.43. The number of ether oxygens (including phenoxy) is 2. The number of esters is 1. The van der Waals surface area contributed by atoms with E-state index in [0.717, 1.165) is 0 Å². The van der Waals surface area contributed by atoms with Gasteiger partial charge in [0.1, 0.15) is 12.1 Å². The summed E-state index contributed by atoms with van der Waals surface area (Å²) in [5.41, 5.74) is 0. The van der Waals surface area contributed by atoms with Crippen molar-refractivity contribution in [3.63, 3.8) is 0 Å². The highest BCUT2D eigenvalue weighted by Gasteiger charge is 2.28. The van der Waals surface area contributed by atoms with Gasteiger partial charge in [0.15, 0.2) is 0 Å². The minimum Gasteiger partial charge on any atom is -0.474 e. The van der Waals surface area contributed by atoms with E-state index in [1.54, 1.807) is 17.2 Å². The lowest BCUT2D eigenvalue weighted by Crippen LogP contribution is -2.46. The number of halogens is 1. The summed E-state index contributed by atoms with van der Waals surface area (Å²) < 4.78 is 30.7. The summed E-state index contributed by atoms with van der Waals surface area (Å²) >= 11 is 3.97. The largest absolute Gasteiger partial charge is 0.474 e. The number of methoxy groups -OCH3 is 1. The highest BCUT2D eigenvalue weighted by Crippen LogP contribution is 2.19. The Balaban J connectivity index is 1.76. The van der Waals surface area contributed by atoms with Gasteiger partial charge in [0.2, 0.25) is 5.88 Å². The zero-order valence-electron chi connectivity index (χ0n) is 15.0. The molecule has 26 heavy (non-hydrogen) atoms. The van der Waals surface area contributed by atoms with Crippen molar-refractivity contribution in [3.05, 3.63) is 23.4 Å². The second kappa shape index (κ2) is 10.2. The van der Waals surface area contributed by atoms with Crippen LogP contribution < -0.4 is 9.46 Å². The molecule has 2 rings (SSSR count). The van der Waals surface area contributed by atoms with E-state index in [1.807, 2.05) is 13.8 Å². The summed E-state index contributed by atoms with van der Waals surface area (Å²) in [7, 11) is 1.30. The highest BCUT2D eigenvalue weighted by molar-refractivity contribution is 7.78. The first-order chi connectivity index (χ1) is 12.4. The van der Waals surface area contributed by atoms with Gasteiger partial charge in [0, 0.05) is 25.4 Å². The maximum absolute atomic E-state index is 12.1. The molecule has 1 aromatic heterocycles. The molecule has 2 atom stereocenters. The van der Waals surface area contributed by atoms with Gasteiger partial charge in [-0.15, -0.1) is 0 Å². The lowest BCUT2D eigenvalue weighted by Gasteiger charge is -2.30. The van der Waals surface area contributed by atoms with Gasteiger partial charge in [-0.05, 0) is 24.8 Å². The number of rotatable bonds is 8. The van der Waals surface area contributed by atoms with Crippen LogP contribution in [0.5, 0.6) is 5.88 Å². The van der Waals surface area contributed by atoms with Crippen molar-refractivity contribution < 1.29 is 22.8 Å². The summed E-state index contributed by atoms with van der Waals surface area (Å²) in [5, 5.41) is 2.16. The van der Waals surface area contributed by atoms with E-state index in [9.17, 15) is 9.00 Å². The van der Waals surface area contributed by atoms with Crippen molar-refractivity contribution in [2.75, 3.05) is 20.2 Å². The quantitative estimate of drug-likeness (QED) is 0.660. The van der Waals surface area contributed by atoms with Crippen LogP contribution in [-0.2, 0) is 25.1 Å². The molecule has 0 aliphatic carbocycles. The molecule has 0 saturated carbocycles. The Bertz CT molecular complexity index is 608. The third-order valence-corrected chi connectivity index (χ3v) is 4.92. The second-order valence-corrected chi connectivity index (χ2v) is 7.52. The molecule has 0 radical (unpaired) electrons. The third kappa shape index (κ3) is 6.48. The van der Waals surface area contributed by atoms with Gasteiger partial charge in [0.05, 0.1) is 12.1 Å². The maximum atomic E-state index is 12.1. The smallest absolute Gasteiger partial charge is 0.324 e. The molecule has 1 fully saturated rings. The lowest BCUT2D eigenvalue weighted by atomic mass is 10.1. The zero-order chi connectivity index (χ0) is 19.1. The number of aromatic nitrogens is 1. The van der Waals surface area contributed by atoms with E-state index in [1.165, 1.54) is 13.3 Å². The normalized spacial score (nSPS) is 18.5. The molecule has 0 amide bonds. The molecule has 1 unspecified atom stereocenters. The standard InChI is InChI=1S/C16H24ClN3O5S/c1-11(2)15(16(21)23-3)19-26(22)25-20-8-6-13(7-9-20)24-14-5-4-12(17)10-18-14/h4-5,10-11,13,15,19H,6-9H2,1-3H3/t15-,26?/m1/s1. The average molecular weight is 406 g/mol. The van der Waals surface area contributed by atoms with Crippen molar-refractivity contribution in [1.29, 1.82) is 0 Å². The van der Waals surface area contributed by atoms with Gasteiger partial charge in [-0.25, -0.2) is 9.19 Å². The lowest BCUT2D eigenvalue weighted by molar-refractivity contribution is -0.143. The molecule has 1 N–H and O–H groups in total. The minimum absolute atomic E-state index is 0.00315. The Morgan fingerprint density at radius 1 is 1.38 bits per heavy atom. The molecule has 8 nitrogen and oxygen atoms in total. The first-order valence-electron chi connectivity index (χ1n) is 8.36. The van der Waals surface area contributed by atoms with Gasteiger partial charge in [0.25, 0.3) is 11.3 Å². The Hall–Kier alpha value is -1.26. The summed E-state index contributed by atoms with van der Waals surface area (Å²) in [6, 6.07) is 2.75. The van der Waals surface area contributed by atoms with Crippen molar-refractivity contribution in [2.45, 2.75) is 38.8 Å². The van der Waals surface area contributed by atoms with Gasteiger partial charge in [-0.3, -0.25) is 4.79 Å². The SMILES string of the molecule is COC(=O)[C@H](NS(=O)ON1CCC(Oc2ccc(Cl)cn2)CC1)C(C)C. The van der Waals surface area contributed by atoms with Crippen LogP contribution in [-0.4, -0.2) is 52.6 Å². The van der Waals surface area contributed by atoms with Crippen molar-refractivity contribution in [3.8, 4) is 5.88 Å². The molecule has 1 aliphatic heterocycles. The van der Waals surface area contributed by atoms with Gasteiger partial charge in [-0.2, -0.15) is 14.1 Å². The molecule has 2 heterocycles. The number of hydrogen-bond donors (Lipinski definition) is 1. The van der Waals surface area contributed by atoms with E-state index in [4.69, 9.17) is 25.4 Å². The van der Waals surface area contributed by atoms with E-state index in [2.05, 4.69) is 9.71 Å². The Labute approximate surface area is 160 Å². The molecule has 1 aromatic rings. The van der Waals surface area contributed by atoms with Crippen LogP contribution in [0, 0.1) is 5.92 Å². The maximum Gasteiger partial charge on any atom is 0.324 e. The van der Waals surface area contributed by atoms with Crippen molar-refractivity contribution in [2.24, 2.45) is 5.92 Å². The molecule has 1 saturated heterocycles. The third-order valence-electron chi connectivity index (χ3n) is 3.91. The summed E-state index contributed by atoms with van der Waals surface area (Å²) in [6.45, 7) is 4.77. The topological polar surface area (TPSA) is 90.0 Å². The molecule has 0 spiro atoms. The highest BCUT2D eigenvalue weighted by atomic mass is 35.5. The molecular formula is C16H24ClN3O5S. The molecule has 1 aliphatic rings. The van der Waals surface area contributed by atoms with E-state index in [0.29, 0.717) is 36.8 Å². The van der Waals surface area contributed by atoms with Gasteiger partial charge < -0.3 is 9.47 Å². The number of pyridine rings is 1. The monoisotopic (exact) mass is 405 g/mol. The van der Waals surface area contributed by atoms with Crippen LogP contribution in [0.1, 0.15) is 26.7 Å². The van der Waals surface area contributed by atoms with Gasteiger partial charge >= 0.3 is 5.97 Å². The fourth-order valence-corrected chi connectivity index (χ4v) is 3.50. The van der Waals surface area contributed by atoms with Crippen LogP contribution in [0.15, 0.2) is 18.3 Å². The Morgan fingerprint density at radius 3 is 2.62 bits per heavy atom. The van der Waals surface area contributed by atoms with Crippen LogP contribution in [0.4, 0.5) is 0 Å². The Morgan fingerprint density at radius 2 is 2.08 bits per heavy atom. The van der Waals surface area contributed by atoms with Crippen molar-refractivity contribution >= 4 is 28.8 Å². The zero-order valence-corrected chi connectivity index (χ0v) is 16.6. The fraction of sp³-hybridized carbons (Fsp3) is 0.625. The predicted octanol–water partition coefficient (Wildman–Crippen LogP) is 1.88. The van der Waals surface area contributed by atoms with Crippen LogP contribution in [0.2, 0.25) is 5.02 Å². The number of carbonyl (C=O) groups excluding carboxylic acids is 1. The van der Waals surface area contributed by atoms with E-state index in [-0.39, 0.29) is 12.0 Å². The van der Waals surface area contributed by atoms with Crippen LogP contribution in [0.25, 0.3) is 0 Å². The predicted molar refractivity (Wildman–Crippen MR) is 97.5 cm³/mol. The molecular weight excluding hydrogens is 382 g/mol. The second-order valence-electron chi connectivity index (χ2n) is 6.23. The summed E-state index contributed by atoms with van der Waals surface area (Å²) in [5.74, 6) is -0.0302. The first-order valence-corrected chi connectivity index (χ1v) is 9.81. The number of nitrogens with one attached hydrogen (secondary N) is 1. The number of piperidine rings is 1. The van der Waals surface area contributed by atoms with E-state index < -0.39 is 23.3 Å². The number of nitrogens with zero attached hydrogens (tertiary/aromatic N) is 2. The van der Waals surface area contributed by atoms with Crippen LogP contribution >= 0.6 is 11.6 Å². The minimum atomic E-state index is -1.83. The number of hydrogen-bond acceptors (Lipinski definition) is 7. The summed E-state index contributed by atoms with van der Waals surface area (Å²) in [4.78, 5) is 15.8. The molecule has 0 aromatic carbocycles. The number of hydroxylamine groups is 2. The molecule has 10 heteroatoms. The van der Waals surface area contributed by atoms with Crippen molar-refractivity contribution in [1.82, 2.24) is 14.8 Å². The van der Waals surface area contributed by atoms with E-state index >= 15 is 0 Å². The van der Waals surface area contributed by atoms with Crippen LogP contribution in [0.3, 0.4) is 0 Å². The van der Waals surface area contributed by atoms with Gasteiger partial charge in [-0.1, -0.05) is 25.4 Å². The molecule has 0 bridgehead atoms. The first kappa shape index (κ1) is 21.0. The Kier molecular flexibility index (Phi) is 8.23. The average Bonchev–Trinajstić information content (AvgIpc) is 2.62. The summed E-state index contributed by atoms with van der Waals surface area (Å²) in [6.07, 6.45) is 2.94. The molecule has 146 valence electrons.